The number of hydrogen-bond donors (Lipinski definition) is 1. The summed E-state index contributed by atoms with van der Waals surface area (Å²) in [6, 6.07) is 26.1. The predicted octanol–water partition coefficient (Wildman–Crippen LogP) is 12.4. The molecule has 5 aromatic rings. The molecule has 0 aliphatic carbocycles. The number of carbonyl (C=O) groups excluding carboxylic acids is 1. The number of fused-ring (bicyclic) bond motifs is 2. The number of aliphatic hydroxyl groups is 1. The first-order valence-electron chi connectivity index (χ1n) is 17.7. The second kappa shape index (κ2) is 18.1. The summed E-state index contributed by atoms with van der Waals surface area (Å²) in [5, 5.41) is 13.5. The van der Waals surface area contributed by atoms with Crippen LogP contribution in [-0.4, -0.2) is 29.1 Å². The van der Waals surface area contributed by atoms with E-state index in [9.17, 15) is 9.90 Å². The summed E-state index contributed by atoms with van der Waals surface area (Å²) in [7, 11) is 0. The zero-order chi connectivity index (χ0) is 35.2. The minimum Gasteiger partial charge on any atom is 0 e. The molecule has 3 nitrogen and oxygen atoms in total. The molecule has 0 aliphatic rings. The van der Waals surface area contributed by atoms with Crippen LogP contribution in [0.25, 0.3) is 42.6 Å². The number of aromatic nitrogens is 1. The Bertz CT molecular complexity index is 1890. The summed E-state index contributed by atoms with van der Waals surface area (Å²) in [6.07, 6.45) is 6.85. The Morgan fingerprint density at radius 1 is 0.918 bits per heavy atom. The van der Waals surface area contributed by atoms with E-state index in [0.717, 1.165) is 42.3 Å². The van der Waals surface area contributed by atoms with E-state index in [-0.39, 0.29) is 43.5 Å². The number of hydrogen-bond acceptors (Lipinski definition) is 4. The van der Waals surface area contributed by atoms with Crippen LogP contribution >= 0.6 is 11.3 Å². The zero-order valence-corrected chi connectivity index (χ0v) is 36.3. The van der Waals surface area contributed by atoms with E-state index in [4.69, 9.17) is 4.98 Å². The number of nitrogens with zero attached hydrogens (tertiary/aromatic N) is 1. The Balaban J connectivity index is 0.000000347. The summed E-state index contributed by atoms with van der Waals surface area (Å²) in [6.45, 7) is 14.8. The van der Waals surface area contributed by atoms with Gasteiger partial charge in [-0.1, -0.05) is 59.7 Å². The normalized spacial score (nSPS) is 12.1. The minimum atomic E-state index is -1.84. The standard InChI is InChI=1S/C30H30GeNS.C13H24O2.Ir/c1-19(2)27-17-23(16-21-9-7-8-10-26(21)27)29-30-22(13-14-32-29)18-28(33-30)25-12-11-24(15-20(25)3)31(4,5)6;1-5-10(6-2)12(14)9-13(15)11(7-3)8-4;/h7-15,17-19H,1-6H3;9-11,14H,5-8H2,1-4H3;/q-1;;/b;12-9-;. The number of benzene rings is 3. The average molecular weight is 914 g/mol. The van der Waals surface area contributed by atoms with Crippen molar-refractivity contribution in [2.45, 2.75) is 97.3 Å². The second-order valence-electron chi connectivity index (χ2n) is 14.3. The Morgan fingerprint density at radius 2 is 1.57 bits per heavy atom. The maximum Gasteiger partial charge on any atom is 0 e. The number of aryl methyl sites for hydroxylation is 1. The smallest absolute Gasteiger partial charge is 0 e. The van der Waals surface area contributed by atoms with Gasteiger partial charge in [0.1, 0.15) is 0 Å². The molecule has 263 valence electrons. The zero-order valence-electron chi connectivity index (χ0n) is 31.0. The van der Waals surface area contributed by atoms with E-state index in [1.807, 2.05) is 45.2 Å². The summed E-state index contributed by atoms with van der Waals surface area (Å²) in [5.41, 5.74) is 6.19. The van der Waals surface area contributed by atoms with Gasteiger partial charge >= 0.3 is 173 Å². The Kier molecular flexibility index (Phi) is 15.1. The first kappa shape index (κ1) is 40.9. The van der Waals surface area contributed by atoms with Crippen molar-refractivity contribution in [3.8, 4) is 21.7 Å². The van der Waals surface area contributed by atoms with Crippen LogP contribution in [0.3, 0.4) is 0 Å². The van der Waals surface area contributed by atoms with Crippen molar-refractivity contribution >= 4 is 55.6 Å². The van der Waals surface area contributed by atoms with Gasteiger partial charge in [-0.25, -0.2) is 0 Å². The number of thiophene rings is 1. The fraction of sp³-hybridized carbons (Fsp3) is 0.395. The molecule has 0 bridgehead atoms. The van der Waals surface area contributed by atoms with Crippen molar-refractivity contribution in [1.29, 1.82) is 0 Å². The largest absolute Gasteiger partial charge is 0 e. The van der Waals surface area contributed by atoms with Gasteiger partial charge in [-0.2, -0.15) is 0 Å². The number of pyridine rings is 1. The SMILES string of the molecule is CCC(CC)C(=O)/C=C(\O)C(CC)CC.Cc1c[c]([Ge]([CH3])([CH3])[CH3])ccc1-c1cc2ccnc(-c3[c-]c4ccccc4c(C(C)C)c3)c2s1.[Ir]. The number of aliphatic hydroxyl groups excluding tert-OH is 1. The maximum atomic E-state index is 11.7. The molecule has 1 N–H and O–H groups in total. The van der Waals surface area contributed by atoms with E-state index >= 15 is 0 Å². The molecule has 0 saturated heterocycles. The molecule has 6 heteroatoms. The maximum absolute atomic E-state index is 11.7. The van der Waals surface area contributed by atoms with Crippen LogP contribution in [-0.2, 0) is 24.9 Å². The Morgan fingerprint density at radius 3 is 2.16 bits per heavy atom. The quantitative estimate of drug-likeness (QED) is 0.0622. The number of allylic oxidation sites excluding steroid dienone is 2. The van der Waals surface area contributed by atoms with Crippen LogP contribution in [0, 0.1) is 24.8 Å². The van der Waals surface area contributed by atoms with Crippen molar-refractivity contribution in [3.05, 3.63) is 95.9 Å². The van der Waals surface area contributed by atoms with Gasteiger partial charge in [0.2, 0.25) is 0 Å². The van der Waals surface area contributed by atoms with Gasteiger partial charge < -0.3 is 5.11 Å². The first-order chi connectivity index (χ1) is 22.8. The Hall–Kier alpha value is -2.57. The minimum absolute atomic E-state index is 0. The molecule has 0 atom stereocenters. The van der Waals surface area contributed by atoms with Crippen LogP contribution < -0.4 is 4.40 Å². The van der Waals surface area contributed by atoms with Crippen LogP contribution in [0.2, 0.25) is 17.3 Å². The predicted molar refractivity (Wildman–Crippen MR) is 213 cm³/mol. The van der Waals surface area contributed by atoms with Gasteiger partial charge in [-0.3, -0.25) is 4.79 Å². The van der Waals surface area contributed by atoms with Crippen LogP contribution in [0.15, 0.2) is 78.7 Å². The van der Waals surface area contributed by atoms with Crippen LogP contribution in [0.4, 0.5) is 0 Å². The summed E-state index contributed by atoms with van der Waals surface area (Å²) >= 11 is 0.0141. The number of ketones is 1. The summed E-state index contributed by atoms with van der Waals surface area (Å²) in [4.78, 5) is 17.9. The van der Waals surface area contributed by atoms with Crippen LogP contribution in [0.5, 0.6) is 0 Å². The molecule has 0 aliphatic heterocycles. The van der Waals surface area contributed by atoms with E-state index in [2.05, 4.69) is 105 Å². The van der Waals surface area contributed by atoms with Gasteiger partial charge in [-0.05, 0) is 25.7 Å². The first-order valence-corrected chi connectivity index (χ1v) is 25.9. The fourth-order valence-corrected chi connectivity index (χ4v) is 10.2. The molecular weight excluding hydrogens is 859 g/mol. The molecule has 2 heterocycles. The van der Waals surface area contributed by atoms with E-state index in [0.29, 0.717) is 5.92 Å². The van der Waals surface area contributed by atoms with Gasteiger partial charge in [0.25, 0.3) is 0 Å². The van der Waals surface area contributed by atoms with Gasteiger partial charge in [0, 0.05) is 38.0 Å². The third-order valence-electron chi connectivity index (χ3n) is 9.56. The topological polar surface area (TPSA) is 50.2 Å². The molecule has 0 spiro atoms. The van der Waals surface area contributed by atoms with E-state index < -0.39 is 13.3 Å². The molecule has 49 heavy (non-hydrogen) atoms. The summed E-state index contributed by atoms with van der Waals surface area (Å²) < 4.78 is 2.80. The van der Waals surface area contributed by atoms with E-state index in [1.165, 1.54) is 43.1 Å². The van der Waals surface area contributed by atoms with Crippen molar-refractivity contribution in [2.24, 2.45) is 11.8 Å². The van der Waals surface area contributed by atoms with E-state index in [1.54, 1.807) is 4.40 Å². The number of rotatable bonds is 11. The Labute approximate surface area is 315 Å². The fourth-order valence-electron chi connectivity index (χ4n) is 6.34. The van der Waals surface area contributed by atoms with Crippen molar-refractivity contribution in [1.82, 2.24) is 4.98 Å². The van der Waals surface area contributed by atoms with Crippen molar-refractivity contribution in [2.75, 3.05) is 0 Å². The van der Waals surface area contributed by atoms with Crippen molar-refractivity contribution in [3.63, 3.8) is 0 Å². The average Bonchev–Trinajstić information content (AvgIpc) is 3.49. The molecular formula is C43H54GeIrNO2S-. The van der Waals surface area contributed by atoms with Crippen LogP contribution in [0.1, 0.15) is 84.3 Å². The molecule has 0 amide bonds. The monoisotopic (exact) mass is 915 g/mol. The molecule has 1 radical (unpaired) electrons. The molecule has 2 aromatic heterocycles. The molecule has 0 fully saturated rings. The third kappa shape index (κ3) is 9.82. The molecule has 0 saturated carbocycles. The van der Waals surface area contributed by atoms with Gasteiger partial charge in [-0.15, -0.1) is 0 Å². The molecule has 0 unspecified atom stereocenters. The second-order valence-corrected chi connectivity index (χ2v) is 26.0. The summed E-state index contributed by atoms with van der Waals surface area (Å²) in [5.74, 6) is 8.35. The molecule has 3 aromatic carbocycles. The van der Waals surface area contributed by atoms with Gasteiger partial charge in [0.05, 0.1) is 5.76 Å². The van der Waals surface area contributed by atoms with Gasteiger partial charge in [0.15, 0.2) is 5.78 Å². The number of carbonyl (C=O) groups is 1. The van der Waals surface area contributed by atoms with Crippen molar-refractivity contribution < 1.29 is 30.0 Å². The third-order valence-corrected chi connectivity index (χ3v) is 15.0. The molecule has 5 rings (SSSR count).